The van der Waals surface area contributed by atoms with Crippen LogP contribution in [0, 0.1) is 6.92 Å². The quantitative estimate of drug-likeness (QED) is 0.879. The first kappa shape index (κ1) is 11.2. The van der Waals surface area contributed by atoms with Crippen LogP contribution in [0.3, 0.4) is 0 Å². The first-order chi connectivity index (χ1) is 7.81. The van der Waals surface area contributed by atoms with Gasteiger partial charge in [0.25, 0.3) is 0 Å². The second-order valence-corrected chi connectivity index (χ2v) is 4.34. The van der Waals surface area contributed by atoms with Crippen molar-refractivity contribution in [1.29, 1.82) is 0 Å². The molecule has 0 saturated carbocycles. The van der Waals surface area contributed by atoms with E-state index < -0.39 is 0 Å². The molecule has 0 spiro atoms. The number of rotatable bonds is 4. The summed E-state index contributed by atoms with van der Waals surface area (Å²) in [6.45, 7) is 5.81. The van der Waals surface area contributed by atoms with E-state index in [0.29, 0.717) is 0 Å². The molecule has 0 aliphatic heterocycles. The number of hydrogen-bond acceptors (Lipinski definition) is 5. The van der Waals surface area contributed by atoms with Gasteiger partial charge in [0.2, 0.25) is 0 Å². The predicted octanol–water partition coefficient (Wildman–Crippen LogP) is 2.02. The van der Waals surface area contributed by atoms with E-state index in [-0.39, 0.29) is 0 Å². The Labute approximate surface area is 98.8 Å². The lowest BCUT2D eigenvalue weighted by Gasteiger charge is -1.99. The SMILES string of the molecule is CCNCc1nc(-c2nccnc2C)cs1. The molecule has 0 atom stereocenters. The zero-order chi connectivity index (χ0) is 11.4. The van der Waals surface area contributed by atoms with Crippen molar-refractivity contribution in [2.24, 2.45) is 0 Å². The van der Waals surface area contributed by atoms with Gasteiger partial charge in [-0.2, -0.15) is 0 Å². The van der Waals surface area contributed by atoms with Gasteiger partial charge in [0.05, 0.1) is 5.69 Å². The summed E-state index contributed by atoms with van der Waals surface area (Å²) in [7, 11) is 0. The van der Waals surface area contributed by atoms with Crippen LogP contribution in [-0.2, 0) is 6.54 Å². The molecule has 0 radical (unpaired) electrons. The zero-order valence-electron chi connectivity index (χ0n) is 9.40. The molecule has 0 aliphatic rings. The second kappa shape index (κ2) is 5.14. The molecule has 0 aromatic carbocycles. The average Bonchev–Trinajstić information content (AvgIpc) is 2.75. The van der Waals surface area contributed by atoms with E-state index in [4.69, 9.17) is 0 Å². The molecule has 2 heterocycles. The molecule has 0 saturated heterocycles. The van der Waals surface area contributed by atoms with E-state index in [0.717, 1.165) is 35.2 Å². The number of nitrogens with zero attached hydrogens (tertiary/aromatic N) is 3. The molecule has 1 N–H and O–H groups in total. The Balaban J connectivity index is 2.22. The molecular weight excluding hydrogens is 220 g/mol. The Bertz CT molecular complexity index is 467. The molecule has 2 rings (SSSR count). The smallest absolute Gasteiger partial charge is 0.111 e. The summed E-state index contributed by atoms with van der Waals surface area (Å²) in [5.41, 5.74) is 2.72. The normalized spacial score (nSPS) is 10.6. The maximum Gasteiger partial charge on any atom is 0.111 e. The summed E-state index contributed by atoms with van der Waals surface area (Å²) in [4.78, 5) is 13.0. The number of aryl methyl sites for hydroxylation is 1. The van der Waals surface area contributed by atoms with Gasteiger partial charge in [-0.3, -0.25) is 9.97 Å². The van der Waals surface area contributed by atoms with Gasteiger partial charge in [-0.15, -0.1) is 11.3 Å². The van der Waals surface area contributed by atoms with Gasteiger partial charge >= 0.3 is 0 Å². The van der Waals surface area contributed by atoms with E-state index in [1.165, 1.54) is 0 Å². The van der Waals surface area contributed by atoms with Crippen LogP contribution >= 0.6 is 11.3 Å². The molecule has 0 fully saturated rings. The van der Waals surface area contributed by atoms with E-state index in [9.17, 15) is 0 Å². The fourth-order valence-electron chi connectivity index (χ4n) is 1.39. The van der Waals surface area contributed by atoms with Crippen molar-refractivity contribution in [2.45, 2.75) is 20.4 Å². The van der Waals surface area contributed by atoms with Crippen molar-refractivity contribution in [3.05, 3.63) is 28.5 Å². The first-order valence-electron chi connectivity index (χ1n) is 5.24. The summed E-state index contributed by atoms with van der Waals surface area (Å²) < 4.78 is 0. The maximum absolute atomic E-state index is 4.53. The fraction of sp³-hybridized carbons (Fsp3) is 0.364. The van der Waals surface area contributed by atoms with Crippen LogP contribution in [0.15, 0.2) is 17.8 Å². The van der Waals surface area contributed by atoms with Crippen LogP contribution < -0.4 is 5.32 Å². The van der Waals surface area contributed by atoms with Crippen molar-refractivity contribution in [1.82, 2.24) is 20.3 Å². The Morgan fingerprint density at radius 3 is 2.88 bits per heavy atom. The molecule has 0 amide bonds. The maximum atomic E-state index is 4.53. The van der Waals surface area contributed by atoms with Crippen LogP contribution in [-0.4, -0.2) is 21.5 Å². The largest absolute Gasteiger partial charge is 0.311 e. The average molecular weight is 234 g/mol. The number of aromatic nitrogens is 3. The summed E-state index contributed by atoms with van der Waals surface area (Å²) >= 11 is 1.65. The molecular formula is C11H14N4S. The molecule has 2 aromatic heterocycles. The standard InChI is InChI=1S/C11H14N4S/c1-3-12-6-10-15-9(7-16-10)11-8(2)13-4-5-14-11/h4-5,7,12H,3,6H2,1-2H3. The van der Waals surface area contributed by atoms with Gasteiger partial charge in [0, 0.05) is 24.3 Å². The van der Waals surface area contributed by atoms with Crippen molar-refractivity contribution in [3.8, 4) is 11.4 Å². The first-order valence-corrected chi connectivity index (χ1v) is 6.12. The highest BCUT2D eigenvalue weighted by atomic mass is 32.1. The lowest BCUT2D eigenvalue weighted by atomic mass is 10.3. The topological polar surface area (TPSA) is 50.7 Å². The van der Waals surface area contributed by atoms with Crippen LogP contribution in [0.4, 0.5) is 0 Å². The molecule has 0 unspecified atom stereocenters. The van der Waals surface area contributed by atoms with Gasteiger partial charge in [-0.1, -0.05) is 6.92 Å². The Morgan fingerprint density at radius 1 is 1.31 bits per heavy atom. The Kier molecular flexibility index (Phi) is 3.58. The molecule has 16 heavy (non-hydrogen) atoms. The highest BCUT2D eigenvalue weighted by Gasteiger charge is 2.08. The third-order valence-corrected chi connectivity index (χ3v) is 3.05. The third kappa shape index (κ3) is 2.43. The van der Waals surface area contributed by atoms with Crippen molar-refractivity contribution >= 4 is 11.3 Å². The third-order valence-electron chi connectivity index (χ3n) is 2.20. The van der Waals surface area contributed by atoms with Crippen LogP contribution in [0.5, 0.6) is 0 Å². The molecule has 0 bridgehead atoms. The predicted molar refractivity (Wildman–Crippen MR) is 65.3 cm³/mol. The van der Waals surface area contributed by atoms with E-state index in [2.05, 4.69) is 27.2 Å². The molecule has 4 nitrogen and oxygen atoms in total. The van der Waals surface area contributed by atoms with E-state index in [1.54, 1.807) is 23.7 Å². The minimum absolute atomic E-state index is 0.820. The van der Waals surface area contributed by atoms with Gasteiger partial charge in [-0.25, -0.2) is 4.98 Å². The Morgan fingerprint density at radius 2 is 2.12 bits per heavy atom. The van der Waals surface area contributed by atoms with Crippen molar-refractivity contribution in [3.63, 3.8) is 0 Å². The second-order valence-electron chi connectivity index (χ2n) is 3.40. The summed E-state index contributed by atoms with van der Waals surface area (Å²) in [5, 5.41) is 6.37. The highest BCUT2D eigenvalue weighted by Crippen LogP contribution is 2.21. The summed E-state index contributed by atoms with van der Waals surface area (Å²) in [6.07, 6.45) is 3.40. The highest BCUT2D eigenvalue weighted by molar-refractivity contribution is 7.09. The monoisotopic (exact) mass is 234 g/mol. The summed E-state index contributed by atoms with van der Waals surface area (Å²) in [5.74, 6) is 0. The number of nitrogens with one attached hydrogen (secondary N) is 1. The van der Waals surface area contributed by atoms with Gasteiger partial charge in [0.1, 0.15) is 16.4 Å². The molecule has 0 aliphatic carbocycles. The van der Waals surface area contributed by atoms with Crippen molar-refractivity contribution in [2.75, 3.05) is 6.54 Å². The van der Waals surface area contributed by atoms with Gasteiger partial charge in [0.15, 0.2) is 0 Å². The Hall–Kier alpha value is -1.33. The fourth-order valence-corrected chi connectivity index (χ4v) is 2.14. The van der Waals surface area contributed by atoms with E-state index >= 15 is 0 Å². The minimum atomic E-state index is 0.820. The molecule has 5 heteroatoms. The minimum Gasteiger partial charge on any atom is -0.311 e. The molecule has 2 aromatic rings. The number of thiazole rings is 1. The molecule has 84 valence electrons. The lowest BCUT2D eigenvalue weighted by molar-refractivity contribution is 0.723. The lowest BCUT2D eigenvalue weighted by Crippen LogP contribution is -2.11. The van der Waals surface area contributed by atoms with Crippen LogP contribution in [0.2, 0.25) is 0 Å². The van der Waals surface area contributed by atoms with Gasteiger partial charge < -0.3 is 5.32 Å². The van der Waals surface area contributed by atoms with Crippen molar-refractivity contribution < 1.29 is 0 Å². The van der Waals surface area contributed by atoms with E-state index in [1.807, 2.05) is 12.3 Å². The zero-order valence-corrected chi connectivity index (χ0v) is 10.2. The van der Waals surface area contributed by atoms with Crippen LogP contribution in [0.25, 0.3) is 11.4 Å². The summed E-state index contributed by atoms with van der Waals surface area (Å²) in [6, 6.07) is 0. The van der Waals surface area contributed by atoms with Crippen LogP contribution in [0.1, 0.15) is 17.6 Å². The van der Waals surface area contributed by atoms with Gasteiger partial charge in [-0.05, 0) is 13.5 Å². The number of hydrogen-bond donors (Lipinski definition) is 1.